The van der Waals surface area contributed by atoms with Gasteiger partial charge in [0, 0.05) is 11.1 Å². The van der Waals surface area contributed by atoms with Crippen LogP contribution in [-0.4, -0.2) is 25.2 Å². The molecule has 2 aromatic rings. The lowest BCUT2D eigenvalue weighted by molar-refractivity contribution is -0.111. The first-order chi connectivity index (χ1) is 11.3. The van der Waals surface area contributed by atoms with E-state index in [9.17, 15) is 18.3 Å². The van der Waals surface area contributed by atoms with E-state index in [0.717, 1.165) is 5.56 Å². The van der Waals surface area contributed by atoms with Crippen molar-refractivity contribution in [2.75, 3.05) is 11.1 Å². The van der Waals surface area contributed by atoms with Gasteiger partial charge in [-0.3, -0.25) is 4.79 Å². The van der Waals surface area contributed by atoms with Crippen molar-refractivity contribution in [1.82, 2.24) is 0 Å². The second-order valence-corrected chi connectivity index (χ2v) is 7.67. The number of phenols is 1. The fourth-order valence-corrected chi connectivity index (χ4v) is 2.93. The molecule has 0 bridgehead atoms. The summed E-state index contributed by atoms with van der Waals surface area (Å²) in [6.45, 7) is 1.52. The third-order valence-corrected chi connectivity index (χ3v) is 5.25. The Morgan fingerprint density at radius 3 is 2.50 bits per heavy atom. The Morgan fingerprint density at radius 2 is 1.88 bits per heavy atom. The molecule has 0 heterocycles. The highest BCUT2D eigenvalue weighted by molar-refractivity contribution is 7.91. The van der Waals surface area contributed by atoms with E-state index < -0.39 is 15.7 Å². The lowest BCUT2D eigenvalue weighted by Crippen LogP contribution is -2.10. The molecule has 0 saturated heterocycles. The molecule has 2 aromatic carbocycles. The maximum Gasteiger partial charge on any atom is 0.248 e. The normalized spacial score (nSPS) is 11.6. The fourth-order valence-electron chi connectivity index (χ4n) is 1.90. The van der Waals surface area contributed by atoms with Crippen LogP contribution in [0.2, 0.25) is 5.02 Å². The summed E-state index contributed by atoms with van der Waals surface area (Å²) in [5.74, 6) is -0.772. The number of carbonyl (C=O) groups excluding carboxylic acids is 1. The molecule has 0 saturated carbocycles. The van der Waals surface area contributed by atoms with Crippen LogP contribution in [0.5, 0.6) is 5.75 Å². The van der Waals surface area contributed by atoms with Gasteiger partial charge in [0.1, 0.15) is 5.75 Å². The van der Waals surface area contributed by atoms with Crippen LogP contribution in [0.25, 0.3) is 6.08 Å². The zero-order valence-corrected chi connectivity index (χ0v) is 14.4. The number of nitrogens with one attached hydrogen (secondary N) is 1. The van der Waals surface area contributed by atoms with Crippen LogP contribution in [0, 0.1) is 0 Å². The number of anilines is 1. The minimum absolute atomic E-state index is 0.0373. The molecule has 0 radical (unpaired) electrons. The molecule has 0 aromatic heterocycles. The number of benzene rings is 2. The third kappa shape index (κ3) is 4.59. The molecule has 0 unspecified atom stereocenters. The predicted octanol–water partition coefficient (Wildman–Crippen LogP) is 3.49. The van der Waals surface area contributed by atoms with Crippen molar-refractivity contribution < 1.29 is 18.3 Å². The van der Waals surface area contributed by atoms with E-state index >= 15 is 0 Å². The molecule has 0 aliphatic heterocycles. The van der Waals surface area contributed by atoms with Crippen molar-refractivity contribution in [3.8, 4) is 5.75 Å². The summed E-state index contributed by atoms with van der Waals surface area (Å²) >= 11 is 5.78. The number of carbonyl (C=O) groups is 1. The summed E-state index contributed by atoms with van der Waals surface area (Å²) in [6, 6.07) is 10.7. The number of phenolic OH excluding ortho intramolecular Hbond substituents is 1. The summed E-state index contributed by atoms with van der Waals surface area (Å²) in [5, 5.41) is 12.8. The fraction of sp³-hybridized carbons (Fsp3) is 0.118. The predicted molar refractivity (Wildman–Crippen MR) is 94.9 cm³/mol. The van der Waals surface area contributed by atoms with Gasteiger partial charge in [0.25, 0.3) is 0 Å². The maximum atomic E-state index is 12.0. The van der Waals surface area contributed by atoms with Gasteiger partial charge in [-0.15, -0.1) is 0 Å². The molecule has 0 aliphatic carbocycles. The second-order valence-electron chi connectivity index (χ2n) is 4.96. The highest BCUT2D eigenvalue weighted by Crippen LogP contribution is 2.27. The molecular weight excluding hydrogens is 350 g/mol. The molecule has 126 valence electrons. The number of aromatic hydroxyl groups is 1. The first kappa shape index (κ1) is 18.0. The van der Waals surface area contributed by atoms with Gasteiger partial charge in [0.15, 0.2) is 9.84 Å². The second kappa shape index (κ2) is 7.51. The monoisotopic (exact) mass is 365 g/mol. The van der Waals surface area contributed by atoms with E-state index in [2.05, 4.69) is 5.32 Å². The number of halogens is 1. The van der Waals surface area contributed by atoms with E-state index in [1.165, 1.54) is 31.2 Å². The quantitative estimate of drug-likeness (QED) is 0.627. The molecule has 7 heteroatoms. The average molecular weight is 366 g/mol. The van der Waals surface area contributed by atoms with Crippen LogP contribution >= 0.6 is 11.6 Å². The van der Waals surface area contributed by atoms with Crippen LogP contribution in [0.15, 0.2) is 53.4 Å². The lowest BCUT2D eigenvalue weighted by Gasteiger charge is -2.08. The first-order valence-corrected chi connectivity index (χ1v) is 9.15. The van der Waals surface area contributed by atoms with Crippen molar-refractivity contribution in [2.24, 2.45) is 0 Å². The van der Waals surface area contributed by atoms with Gasteiger partial charge in [-0.2, -0.15) is 0 Å². The van der Waals surface area contributed by atoms with Gasteiger partial charge >= 0.3 is 0 Å². The first-order valence-electron chi connectivity index (χ1n) is 7.12. The molecule has 5 nitrogen and oxygen atoms in total. The van der Waals surface area contributed by atoms with Crippen LogP contribution in [0.3, 0.4) is 0 Å². The molecule has 0 atom stereocenters. The Balaban J connectivity index is 2.16. The lowest BCUT2D eigenvalue weighted by atomic mass is 10.2. The van der Waals surface area contributed by atoms with Crippen LogP contribution in [0.4, 0.5) is 5.69 Å². The van der Waals surface area contributed by atoms with Gasteiger partial charge in [-0.05, 0) is 42.0 Å². The van der Waals surface area contributed by atoms with Gasteiger partial charge in [0.05, 0.1) is 16.3 Å². The number of sulfone groups is 1. The van der Waals surface area contributed by atoms with E-state index in [1.807, 2.05) is 0 Å². The Hall–Kier alpha value is -2.31. The summed E-state index contributed by atoms with van der Waals surface area (Å²) < 4.78 is 23.7. The van der Waals surface area contributed by atoms with Crippen molar-refractivity contribution >= 4 is 39.1 Å². The van der Waals surface area contributed by atoms with Crippen molar-refractivity contribution in [3.05, 3.63) is 59.1 Å². The molecule has 0 spiro atoms. The Morgan fingerprint density at radius 1 is 1.21 bits per heavy atom. The SMILES string of the molecule is CCS(=O)(=O)c1ccc(O)c(NC(=O)/C=C/c2ccc(Cl)cc2)c1. The van der Waals surface area contributed by atoms with Gasteiger partial charge in [-0.1, -0.05) is 30.7 Å². The molecular formula is C17H16ClNO4S. The highest BCUT2D eigenvalue weighted by atomic mass is 35.5. The van der Waals surface area contributed by atoms with Gasteiger partial charge in [-0.25, -0.2) is 8.42 Å². The standard InChI is InChI=1S/C17H16ClNO4S/c1-2-24(22,23)14-8-9-16(20)15(11-14)19-17(21)10-5-12-3-6-13(18)7-4-12/h3-11,20H,2H2,1H3,(H,19,21)/b10-5+. The summed E-state index contributed by atoms with van der Waals surface area (Å²) in [4.78, 5) is 12.0. The highest BCUT2D eigenvalue weighted by Gasteiger charge is 2.14. The number of hydrogen-bond donors (Lipinski definition) is 2. The van der Waals surface area contributed by atoms with Crippen molar-refractivity contribution in [1.29, 1.82) is 0 Å². The Bertz CT molecular complexity index is 874. The summed E-state index contributed by atoms with van der Waals surface area (Å²) in [6.07, 6.45) is 2.86. The topological polar surface area (TPSA) is 83.5 Å². The molecule has 1 amide bonds. The zero-order valence-electron chi connectivity index (χ0n) is 12.9. The zero-order chi connectivity index (χ0) is 17.7. The largest absolute Gasteiger partial charge is 0.506 e. The van der Waals surface area contributed by atoms with E-state index in [0.29, 0.717) is 5.02 Å². The van der Waals surface area contributed by atoms with E-state index in [4.69, 9.17) is 11.6 Å². The van der Waals surface area contributed by atoms with Crippen molar-refractivity contribution in [2.45, 2.75) is 11.8 Å². The number of amides is 1. The van der Waals surface area contributed by atoms with Crippen molar-refractivity contribution in [3.63, 3.8) is 0 Å². The molecule has 0 fully saturated rings. The number of rotatable bonds is 5. The molecule has 0 aliphatic rings. The van der Waals surface area contributed by atoms with Gasteiger partial charge in [0.2, 0.25) is 5.91 Å². The van der Waals surface area contributed by atoms with E-state index in [-0.39, 0.29) is 22.1 Å². The van der Waals surface area contributed by atoms with Crippen LogP contribution < -0.4 is 5.32 Å². The molecule has 2 rings (SSSR count). The van der Waals surface area contributed by atoms with Crippen LogP contribution in [-0.2, 0) is 14.6 Å². The smallest absolute Gasteiger partial charge is 0.248 e. The summed E-state index contributed by atoms with van der Waals surface area (Å²) in [5.41, 5.74) is 0.816. The minimum atomic E-state index is -3.43. The molecule has 24 heavy (non-hydrogen) atoms. The maximum absolute atomic E-state index is 12.0. The van der Waals surface area contributed by atoms with Crippen LogP contribution in [0.1, 0.15) is 12.5 Å². The third-order valence-electron chi connectivity index (χ3n) is 3.26. The summed E-state index contributed by atoms with van der Waals surface area (Å²) in [7, 11) is -3.43. The minimum Gasteiger partial charge on any atom is -0.506 e. The average Bonchev–Trinajstić information content (AvgIpc) is 2.56. The van der Waals surface area contributed by atoms with E-state index in [1.54, 1.807) is 30.3 Å². The molecule has 2 N–H and O–H groups in total. The Labute approximate surface area is 145 Å². The van der Waals surface area contributed by atoms with Gasteiger partial charge < -0.3 is 10.4 Å². The Kier molecular flexibility index (Phi) is 5.64. The number of hydrogen-bond acceptors (Lipinski definition) is 4.